The average Bonchev–Trinajstić information content (AvgIpc) is 2.84. The number of ether oxygens (including phenoxy) is 2. The van der Waals surface area contributed by atoms with E-state index in [1.165, 1.54) is 38.0 Å². The molecule has 0 radical (unpaired) electrons. The normalized spacial score (nSPS) is 12.0. The molecule has 3 rings (SSSR count). The van der Waals surface area contributed by atoms with E-state index in [1.807, 2.05) is 39.0 Å². The highest BCUT2D eigenvalue weighted by atomic mass is 32.2. The van der Waals surface area contributed by atoms with Crippen molar-refractivity contribution in [2.24, 2.45) is 0 Å². The molecule has 34 heavy (non-hydrogen) atoms. The molecule has 3 aromatic carbocycles. The van der Waals surface area contributed by atoms with Crippen molar-refractivity contribution in [1.29, 1.82) is 0 Å². The van der Waals surface area contributed by atoms with Crippen LogP contribution in [0.25, 0.3) is 0 Å². The summed E-state index contributed by atoms with van der Waals surface area (Å²) in [7, 11) is -1.17. The van der Waals surface area contributed by atoms with Crippen molar-refractivity contribution in [3.63, 3.8) is 0 Å². The van der Waals surface area contributed by atoms with Crippen molar-refractivity contribution in [1.82, 2.24) is 5.32 Å². The molecule has 0 heterocycles. The predicted octanol–water partition coefficient (Wildman–Crippen LogP) is 4.39. The number of nitrogens with zero attached hydrogens (tertiary/aromatic N) is 1. The van der Waals surface area contributed by atoms with Crippen LogP contribution in [0.5, 0.6) is 11.5 Å². The Morgan fingerprint density at radius 2 is 1.59 bits per heavy atom. The first-order valence-corrected chi connectivity index (χ1v) is 12.3. The van der Waals surface area contributed by atoms with E-state index in [0.717, 1.165) is 15.4 Å². The van der Waals surface area contributed by atoms with Crippen molar-refractivity contribution in [2.75, 3.05) is 25.1 Å². The number of anilines is 1. The third kappa shape index (κ3) is 5.51. The van der Waals surface area contributed by atoms with Gasteiger partial charge in [0.1, 0.15) is 6.54 Å². The zero-order chi connectivity index (χ0) is 24.9. The minimum atomic E-state index is -4.08. The Morgan fingerprint density at radius 3 is 2.21 bits per heavy atom. The summed E-state index contributed by atoms with van der Waals surface area (Å²) in [5.74, 6) is 0.274. The van der Waals surface area contributed by atoms with E-state index in [2.05, 4.69) is 5.32 Å². The number of methoxy groups -OCH3 is 2. The van der Waals surface area contributed by atoms with E-state index in [9.17, 15) is 13.2 Å². The molecule has 0 saturated carbocycles. The van der Waals surface area contributed by atoms with Crippen LogP contribution in [0.4, 0.5) is 5.69 Å². The molecule has 1 unspecified atom stereocenters. The molecule has 0 aliphatic heterocycles. The smallest absolute Gasteiger partial charge is 0.264 e. The first-order chi connectivity index (χ1) is 16.2. The van der Waals surface area contributed by atoms with Gasteiger partial charge in [0.2, 0.25) is 5.91 Å². The van der Waals surface area contributed by atoms with Crippen LogP contribution in [0.3, 0.4) is 0 Å². The largest absolute Gasteiger partial charge is 0.493 e. The maximum absolute atomic E-state index is 13.6. The third-order valence-corrected chi connectivity index (χ3v) is 7.45. The van der Waals surface area contributed by atoms with Gasteiger partial charge in [-0.1, -0.05) is 36.4 Å². The molecule has 3 aromatic rings. The minimum absolute atomic E-state index is 0.0102. The molecule has 7 nitrogen and oxygen atoms in total. The Hall–Kier alpha value is -3.52. The number of rotatable bonds is 9. The van der Waals surface area contributed by atoms with Gasteiger partial charge in [-0.25, -0.2) is 8.42 Å². The second-order valence-electron chi connectivity index (χ2n) is 8.00. The van der Waals surface area contributed by atoms with Gasteiger partial charge < -0.3 is 14.8 Å². The molecule has 180 valence electrons. The summed E-state index contributed by atoms with van der Waals surface area (Å²) in [5.41, 5.74) is 3.62. The lowest BCUT2D eigenvalue weighted by molar-refractivity contribution is -0.120. The fraction of sp³-hybridized carbons (Fsp3) is 0.269. The molecular formula is C26H30N2O5S. The number of amides is 1. The number of hydrogen-bond donors (Lipinski definition) is 1. The number of nitrogens with one attached hydrogen (secondary N) is 1. The Balaban J connectivity index is 1.91. The van der Waals surface area contributed by atoms with Crippen LogP contribution < -0.4 is 19.1 Å². The highest BCUT2D eigenvalue weighted by Gasteiger charge is 2.28. The number of sulfonamides is 1. The van der Waals surface area contributed by atoms with Crippen LogP contribution in [-0.4, -0.2) is 35.1 Å². The van der Waals surface area contributed by atoms with E-state index in [1.54, 1.807) is 30.3 Å². The molecule has 0 aromatic heterocycles. The fourth-order valence-electron chi connectivity index (χ4n) is 3.55. The molecule has 1 N–H and O–H groups in total. The average molecular weight is 483 g/mol. The van der Waals surface area contributed by atoms with E-state index in [0.29, 0.717) is 11.4 Å². The molecule has 0 aliphatic rings. The Labute approximate surface area is 201 Å². The zero-order valence-corrected chi connectivity index (χ0v) is 20.8. The number of para-hydroxylation sites is 1. The number of carbonyl (C=O) groups excluding carboxylic acids is 1. The molecule has 0 saturated heterocycles. The standard InChI is InChI=1S/C26H30N2O5S/c1-18-11-12-21(15-19(18)2)20(3)27-26(29)17-28(22-9-7-6-8-10-22)34(30,31)23-13-14-24(32-4)25(16-23)33-5/h6-16,20H,17H2,1-5H3,(H,27,29). The van der Waals surface area contributed by atoms with E-state index >= 15 is 0 Å². The minimum Gasteiger partial charge on any atom is -0.493 e. The van der Waals surface area contributed by atoms with Crippen molar-refractivity contribution in [2.45, 2.75) is 31.7 Å². The number of carbonyl (C=O) groups is 1. The van der Waals surface area contributed by atoms with Crippen LogP contribution in [0.1, 0.15) is 29.7 Å². The number of aryl methyl sites for hydroxylation is 2. The molecule has 0 aliphatic carbocycles. The summed E-state index contributed by atoms with van der Waals surface area (Å²) >= 11 is 0. The lowest BCUT2D eigenvalue weighted by atomic mass is 10.0. The highest BCUT2D eigenvalue weighted by molar-refractivity contribution is 7.92. The van der Waals surface area contributed by atoms with E-state index < -0.39 is 15.9 Å². The van der Waals surface area contributed by atoms with Crippen molar-refractivity contribution in [3.8, 4) is 11.5 Å². The van der Waals surface area contributed by atoms with Gasteiger partial charge in [-0.2, -0.15) is 0 Å². The fourth-order valence-corrected chi connectivity index (χ4v) is 4.99. The number of benzene rings is 3. The molecule has 0 fully saturated rings. The second-order valence-corrected chi connectivity index (χ2v) is 9.86. The summed E-state index contributed by atoms with van der Waals surface area (Å²) in [6.07, 6.45) is 0. The molecule has 0 bridgehead atoms. The van der Waals surface area contributed by atoms with Gasteiger partial charge >= 0.3 is 0 Å². The first kappa shape index (κ1) is 25.1. The molecule has 0 spiro atoms. The van der Waals surface area contributed by atoms with Crippen LogP contribution in [0.15, 0.2) is 71.6 Å². The first-order valence-electron chi connectivity index (χ1n) is 10.8. The second kappa shape index (κ2) is 10.6. The van der Waals surface area contributed by atoms with Gasteiger partial charge in [-0.3, -0.25) is 9.10 Å². The van der Waals surface area contributed by atoms with Crippen LogP contribution in [-0.2, 0) is 14.8 Å². The molecule has 1 amide bonds. The van der Waals surface area contributed by atoms with Crippen molar-refractivity contribution in [3.05, 3.63) is 83.4 Å². The Bertz CT molecular complexity index is 1260. The van der Waals surface area contributed by atoms with Crippen LogP contribution >= 0.6 is 0 Å². The van der Waals surface area contributed by atoms with Crippen molar-refractivity contribution < 1.29 is 22.7 Å². The van der Waals surface area contributed by atoms with Gasteiger partial charge in [-0.05, 0) is 61.7 Å². The number of hydrogen-bond acceptors (Lipinski definition) is 5. The predicted molar refractivity (Wildman–Crippen MR) is 133 cm³/mol. The Kier molecular flexibility index (Phi) is 7.83. The van der Waals surface area contributed by atoms with Crippen LogP contribution in [0.2, 0.25) is 0 Å². The van der Waals surface area contributed by atoms with E-state index in [4.69, 9.17) is 9.47 Å². The monoisotopic (exact) mass is 482 g/mol. The molecule has 1 atom stereocenters. The van der Waals surface area contributed by atoms with Gasteiger partial charge in [0.05, 0.1) is 30.8 Å². The zero-order valence-electron chi connectivity index (χ0n) is 20.0. The van der Waals surface area contributed by atoms with Crippen LogP contribution in [0, 0.1) is 13.8 Å². The topological polar surface area (TPSA) is 84.9 Å². The summed E-state index contributed by atoms with van der Waals surface area (Å²) in [4.78, 5) is 13.0. The lowest BCUT2D eigenvalue weighted by Gasteiger charge is -2.25. The van der Waals surface area contributed by atoms with E-state index in [-0.39, 0.29) is 23.2 Å². The molecule has 8 heteroatoms. The summed E-state index contributed by atoms with van der Waals surface area (Å²) in [6.45, 7) is 5.53. The highest BCUT2D eigenvalue weighted by Crippen LogP contribution is 2.32. The third-order valence-electron chi connectivity index (χ3n) is 5.68. The van der Waals surface area contributed by atoms with Gasteiger partial charge in [-0.15, -0.1) is 0 Å². The summed E-state index contributed by atoms with van der Waals surface area (Å²) in [6, 6.07) is 18.6. The summed E-state index contributed by atoms with van der Waals surface area (Å²) in [5, 5.41) is 2.92. The quantitative estimate of drug-likeness (QED) is 0.489. The summed E-state index contributed by atoms with van der Waals surface area (Å²) < 4.78 is 38.8. The lowest BCUT2D eigenvalue weighted by Crippen LogP contribution is -2.41. The van der Waals surface area contributed by atoms with Gasteiger partial charge in [0.25, 0.3) is 10.0 Å². The maximum atomic E-state index is 13.6. The SMILES string of the molecule is COc1ccc(S(=O)(=O)N(CC(=O)NC(C)c2ccc(C)c(C)c2)c2ccccc2)cc1OC. The van der Waals surface area contributed by atoms with Crippen molar-refractivity contribution >= 4 is 21.6 Å². The van der Waals surface area contributed by atoms with Gasteiger partial charge in [0.15, 0.2) is 11.5 Å². The maximum Gasteiger partial charge on any atom is 0.264 e. The molecular weight excluding hydrogens is 452 g/mol. The Morgan fingerprint density at radius 1 is 0.912 bits per heavy atom. The van der Waals surface area contributed by atoms with Gasteiger partial charge in [0, 0.05) is 6.07 Å².